The van der Waals surface area contributed by atoms with Crippen molar-refractivity contribution in [1.29, 1.82) is 0 Å². The molecule has 0 amide bonds. The van der Waals surface area contributed by atoms with Gasteiger partial charge in [-0.3, -0.25) is 0 Å². The molecule has 92 valence electrons. The molecule has 18 heavy (non-hydrogen) atoms. The molecular formula is C14H16N4. The third-order valence-corrected chi connectivity index (χ3v) is 3.40. The van der Waals surface area contributed by atoms with Gasteiger partial charge in [-0.15, -0.1) is 0 Å². The molecule has 0 bridgehead atoms. The van der Waals surface area contributed by atoms with Gasteiger partial charge in [-0.05, 0) is 43.2 Å². The molecule has 1 aromatic carbocycles. The van der Waals surface area contributed by atoms with Crippen LogP contribution < -0.4 is 4.90 Å². The lowest BCUT2D eigenvalue weighted by molar-refractivity contribution is 0.881. The van der Waals surface area contributed by atoms with Crippen LogP contribution in [0.25, 0.3) is 0 Å². The second kappa shape index (κ2) is 3.98. The average molecular weight is 240 g/mol. The van der Waals surface area contributed by atoms with Gasteiger partial charge in [0.05, 0.1) is 17.9 Å². The van der Waals surface area contributed by atoms with Crippen LogP contribution in [-0.4, -0.2) is 29.2 Å². The number of fused-ring (bicyclic) bond motifs is 1. The van der Waals surface area contributed by atoms with Crippen molar-refractivity contribution in [2.24, 2.45) is 4.99 Å². The fourth-order valence-electron chi connectivity index (χ4n) is 2.20. The Morgan fingerprint density at radius 2 is 1.94 bits per heavy atom. The molecule has 4 nitrogen and oxygen atoms in total. The van der Waals surface area contributed by atoms with E-state index in [1.54, 1.807) is 6.20 Å². The number of nitrogens with zero attached hydrogens (tertiary/aromatic N) is 4. The van der Waals surface area contributed by atoms with Crippen LogP contribution in [0.15, 0.2) is 35.6 Å². The van der Waals surface area contributed by atoms with Crippen molar-refractivity contribution < 1.29 is 0 Å². The summed E-state index contributed by atoms with van der Waals surface area (Å²) in [7, 11) is 2.09. The summed E-state index contributed by atoms with van der Waals surface area (Å²) < 4.78 is 1.83. The number of benzene rings is 1. The fourth-order valence-corrected chi connectivity index (χ4v) is 2.20. The predicted molar refractivity (Wildman–Crippen MR) is 73.9 cm³/mol. The van der Waals surface area contributed by atoms with Crippen LogP contribution in [0, 0.1) is 13.8 Å². The lowest BCUT2D eigenvalue weighted by Gasteiger charge is -2.27. The number of aromatic nitrogens is 2. The standard InChI is InChI=1S/C14H16N4/c1-10-7-12-13(8-11(10)2)17(3)9-14(16-12)18-6-4-5-15-18/h4-8H,9H2,1-3H3. The third-order valence-electron chi connectivity index (χ3n) is 3.40. The minimum Gasteiger partial charge on any atom is -0.365 e. The van der Waals surface area contributed by atoms with E-state index in [4.69, 9.17) is 4.99 Å². The summed E-state index contributed by atoms with van der Waals surface area (Å²) in [4.78, 5) is 6.93. The van der Waals surface area contributed by atoms with E-state index in [0.29, 0.717) is 0 Å². The summed E-state index contributed by atoms with van der Waals surface area (Å²) in [5.74, 6) is 0.957. The summed E-state index contributed by atoms with van der Waals surface area (Å²) in [5, 5.41) is 4.25. The zero-order valence-electron chi connectivity index (χ0n) is 10.9. The largest absolute Gasteiger partial charge is 0.365 e. The Labute approximate surface area is 107 Å². The van der Waals surface area contributed by atoms with Gasteiger partial charge in [-0.2, -0.15) is 5.10 Å². The van der Waals surface area contributed by atoms with Gasteiger partial charge in [0.25, 0.3) is 0 Å². The molecule has 0 radical (unpaired) electrons. The van der Waals surface area contributed by atoms with Crippen molar-refractivity contribution in [3.8, 4) is 0 Å². The van der Waals surface area contributed by atoms with Crippen molar-refractivity contribution in [3.05, 3.63) is 41.7 Å². The highest BCUT2D eigenvalue weighted by molar-refractivity contribution is 5.95. The van der Waals surface area contributed by atoms with Gasteiger partial charge in [0.2, 0.25) is 0 Å². The predicted octanol–water partition coefficient (Wildman–Crippen LogP) is 2.53. The molecule has 0 unspecified atom stereocenters. The van der Waals surface area contributed by atoms with E-state index >= 15 is 0 Å². The minimum atomic E-state index is 0.775. The van der Waals surface area contributed by atoms with Crippen LogP contribution in [-0.2, 0) is 0 Å². The first-order valence-corrected chi connectivity index (χ1v) is 6.05. The van der Waals surface area contributed by atoms with Gasteiger partial charge in [0.1, 0.15) is 5.84 Å². The molecular weight excluding hydrogens is 224 g/mol. The van der Waals surface area contributed by atoms with Gasteiger partial charge in [0.15, 0.2) is 0 Å². The van der Waals surface area contributed by atoms with Gasteiger partial charge >= 0.3 is 0 Å². The fraction of sp³-hybridized carbons (Fsp3) is 0.286. The zero-order chi connectivity index (χ0) is 12.7. The first-order chi connectivity index (χ1) is 8.65. The maximum Gasteiger partial charge on any atom is 0.149 e. The molecule has 2 aromatic rings. The summed E-state index contributed by atoms with van der Waals surface area (Å²) in [5.41, 5.74) is 4.79. The Morgan fingerprint density at radius 1 is 1.17 bits per heavy atom. The van der Waals surface area contributed by atoms with Crippen molar-refractivity contribution >= 4 is 17.2 Å². The molecule has 0 N–H and O–H groups in total. The van der Waals surface area contributed by atoms with E-state index in [1.807, 2.05) is 16.9 Å². The Bertz CT molecular complexity index is 611. The molecule has 0 saturated heterocycles. The van der Waals surface area contributed by atoms with Crippen molar-refractivity contribution in [2.45, 2.75) is 13.8 Å². The Hall–Kier alpha value is -2.10. The molecule has 1 aliphatic heterocycles. The van der Waals surface area contributed by atoms with Crippen LogP contribution >= 0.6 is 0 Å². The normalized spacial score (nSPS) is 14.4. The first kappa shape index (κ1) is 11.0. The van der Waals surface area contributed by atoms with Gasteiger partial charge in [-0.25, -0.2) is 9.67 Å². The molecule has 1 aliphatic rings. The maximum atomic E-state index is 4.72. The van der Waals surface area contributed by atoms with E-state index in [-0.39, 0.29) is 0 Å². The van der Waals surface area contributed by atoms with Crippen molar-refractivity contribution in [2.75, 3.05) is 18.5 Å². The smallest absolute Gasteiger partial charge is 0.149 e. The summed E-state index contributed by atoms with van der Waals surface area (Å²) >= 11 is 0. The molecule has 0 aliphatic carbocycles. The number of aliphatic imine (C=N–C) groups is 1. The number of aryl methyl sites for hydroxylation is 2. The summed E-state index contributed by atoms with van der Waals surface area (Å²) in [6.45, 7) is 5.03. The topological polar surface area (TPSA) is 33.4 Å². The summed E-state index contributed by atoms with van der Waals surface area (Å²) in [6, 6.07) is 6.26. The Balaban J connectivity index is 2.13. The Kier molecular flexibility index (Phi) is 2.44. The quantitative estimate of drug-likeness (QED) is 0.709. The molecule has 4 heteroatoms. The molecule has 3 rings (SSSR count). The third kappa shape index (κ3) is 1.70. The number of likely N-dealkylation sites (N-methyl/N-ethyl adjacent to an activating group) is 1. The van der Waals surface area contributed by atoms with Crippen LogP contribution in [0.5, 0.6) is 0 Å². The highest BCUT2D eigenvalue weighted by Gasteiger charge is 2.18. The molecule has 0 saturated carbocycles. The van der Waals surface area contributed by atoms with E-state index in [1.165, 1.54) is 16.8 Å². The molecule has 1 aromatic heterocycles. The molecule has 2 heterocycles. The Morgan fingerprint density at radius 3 is 2.67 bits per heavy atom. The average Bonchev–Trinajstić information content (AvgIpc) is 2.85. The van der Waals surface area contributed by atoms with Crippen LogP contribution in [0.3, 0.4) is 0 Å². The highest BCUT2D eigenvalue weighted by Crippen LogP contribution is 2.33. The summed E-state index contributed by atoms with van der Waals surface area (Å²) in [6.07, 6.45) is 3.71. The number of rotatable bonds is 0. The number of hydrogen-bond acceptors (Lipinski definition) is 3. The number of anilines is 1. The van der Waals surface area contributed by atoms with E-state index in [0.717, 1.165) is 18.1 Å². The zero-order valence-corrected chi connectivity index (χ0v) is 10.9. The van der Waals surface area contributed by atoms with E-state index in [2.05, 4.69) is 43.0 Å². The van der Waals surface area contributed by atoms with Gasteiger partial charge in [-0.1, -0.05) is 0 Å². The SMILES string of the molecule is Cc1cc2c(cc1C)N(C)CC(n1cccn1)=N2. The molecule has 0 fully saturated rings. The van der Waals surface area contributed by atoms with E-state index in [9.17, 15) is 0 Å². The lowest BCUT2D eigenvalue weighted by atomic mass is 10.1. The van der Waals surface area contributed by atoms with Crippen molar-refractivity contribution in [3.63, 3.8) is 0 Å². The lowest BCUT2D eigenvalue weighted by Crippen LogP contribution is -2.33. The van der Waals surface area contributed by atoms with Gasteiger partial charge in [0, 0.05) is 19.4 Å². The van der Waals surface area contributed by atoms with Crippen LogP contribution in [0.4, 0.5) is 11.4 Å². The molecule has 0 spiro atoms. The second-order valence-electron chi connectivity index (χ2n) is 4.76. The second-order valence-corrected chi connectivity index (χ2v) is 4.76. The maximum absolute atomic E-state index is 4.72. The first-order valence-electron chi connectivity index (χ1n) is 6.05. The van der Waals surface area contributed by atoms with E-state index < -0.39 is 0 Å². The van der Waals surface area contributed by atoms with Crippen LogP contribution in [0.2, 0.25) is 0 Å². The highest BCUT2D eigenvalue weighted by atomic mass is 15.3. The monoisotopic (exact) mass is 240 g/mol. The number of hydrogen-bond donors (Lipinski definition) is 0. The minimum absolute atomic E-state index is 0.775. The molecule has 0 atom stereocenters. The van der Waals surface area contributed by atoms with Crippen molar-refractivity contribution in [1.82, 2.24) is 9.78 Å². The van der Waals surface area contributed by atoms with Gasteiger partial charge < -0.3 is 4.90 Å². The van der Waals surface area contributed by atoms with Crippen LogP contribution in [0.1, 0.15) is 11.1 Å².